The lowest BCUT2D eigenvalue weighted by molar-refractivity contribution is -0.119. The fourth-order valence-electron chi connectivity index (χ4n) is 1.21. The molecule has 0 aromatic rings. The van der Waals surface area contributed by atoms with E-state index in [0.717, 1.165) is 12.0 Å². The van der Waals surface area contributed by atoms with Crippen LogP contribution < -0.4 is 0 Å². The first-order chi connectivity index (χ1) is 6.10. The number of carbonyl (C=O) groups excluding carboxylic acids is 1. The van der Waals surface area contributed by atoms with Crippen molar-refractivity contribution in [3.05, 3.63) is 12.2 Å². The molecule has 0 amide bonds. The summed E-state index contributed by atoms with van der Waals surface area (Å²) >= 11 is 0. The molecule has 1 atom stereocenters. The number of Topliss-reactive ketones (excluding diaryl/α,β-unsaturated/α-hetero) is 1. The number of ketones is 1. The van der Waals surface area contributed by atoms with E-state index >= 15 is 0 Å². The summed E-state index contributed by atoms with van der Waals surface area (Å²) in [5.41, 5.74) is 1.02. The second-order valence-corrected chi connectivity index (χ2v) is 3.58. The number of methoxy groups -OCH3 is 1. The SMILES string of the molecule is C=C(CC)CC(=O)CC(C)COC. The van der Waals surface area contributed by atoms with Crippen molar-refractivity contribution >= 4 is 5.78 Å². The number of rotatable bonds is 7. The Bertz CT molecular complexity index is 173. The Morgan fingerprint density at radius 2 is 2.15 bits per heavy atom. The van der Waals surface area contributed by atoms with Gasteiger partial charge in [-0.05, 0) is 12.3 Å². The van der Waals surface area contributed by atoms with Gasteiger partial charge < -0.3 is 4.74 Å². The number of ether oxygens (including phenoxy) is 1. The van der Waals surface area contributed by atoms with Crippen molar-refractivity contribution in [3.8, 4) is 0 Å². The Morgan fingerprint density at radius 1 is 1.54 bits per heavy atom. The summed E-state index contributed by atoms with van der Waals surface area (Å²) in [4.78, 5) is 11.4. The predicted molar refractivity (Wildman–Crippen MR) is 54.7 cm³/mol. The van der Waals surface area contributed by atoms with Gasteiger partial charge in [0, 0.05) is 26.6 Å². The summed E-state index contributed by atoms with van der Waals surface area (Å²) in [5, 5.41) is 0. The normalized spacial score (nSPS) is 12.5. The van der Waals surface area contributed by atoms with Gasteiger partial charge in [-0.15, -0.1) is 0 Å². The highest BCUT2D eigenvalue weighted by Crippen LogP contribution is 2.10. The van der Waals surface area contributed by atoms with E-state index in [1.165, 1.54) is 0 Å². The minimum atomic E-state index is 0.274. The van der Waals surface area contributed by atoms with E-state index in [-0.39, 0.29) is 5.78 Å². The average Bonchev–Trinajstić information content (AvgIpc) is 2.04. The summed E-state index contributed by atoms with van der Waals surface area (Å²) in [6.07, 6.45) is 2.03. The van der Waals surface area contributed by atoms with Gasteiger partial charge in [0.05, 0.1) is 0 Å². The van der Waals surface area contributed by atoms with Crippen LogP contribution in [0.2, 0.25) is 0 Å². The number of carbonyl (C=O) groups is 1. The van der Waals surface area contributed by atoms with E-state index in [4.69, 9.17) is 4.74 Å². The van der Waals surface area contributed by atoms with Gasteiger partial charge in [-0.3, -0.25) is 4.79 Å². The zero-order valence-corrected chi connectivity index (χ0v) is 8.93. The Kier molecular flexibility index (Phi) is 6.51. The number of allylic oxidation sites excluding steroid dienone is 1. The van der Waals surface area contributed by atoms with Gasteiger partial charge in [0.25, 0.3) is 0 Å². The molecule has 0 aliphatic rings. The molecule has 1 unspecified atom stereocenters. The summed E-state index contributed by atoms with van der Waals surface area (Å²) in [6.45, 7) is 8.52. The molecule has 0 rings (SSSR count). The van der Waals surface area contributed by atoms with Crippen LogP contribution in [0, 0.1) is 5.92 Å². The summed E-state index contributed by atoms with van der Waals surface area (Å²) < 4.78 is 4.96. The fourth-order valence-corrected chi connectivity index (χ4v) is 1.21. The summed E-state index contributed by atoms with van der Waals surface area (Å²) in [5.74, 6) is 0.596. The molecule has 0 radical (unpaired) electrons. The van der Waals surface area contributed by atoms with Gasteiger partial charge in [0.1, 0.15) is 5.78 Å². The van der Waals surface area contributed by atoms with E-state index in [2.05, 4.69) is 6.58 Å². The second-order valence-electron chi connectivity index (χ2n) is 3.58. The second kappa shape index (κ2) is 6.84. The highest BCUT2D eigenvalue weighted by Gasteiger charge is 2.09. The topological polar surface area (TPSA) is 26.3 Å². The highest BCUT2D eigenvalue weighted by atomic mass is 16.5. The van der Waals surface area contributed by atoms with Crippen molar-refractivity contribution in [2.24, 2.45) is 5.92 Å². The van der Waals surface area contributed by atoms with Crippen LogP contribution in [0.4, 0.5) is 0 Å². The van der Waals surface area contributed by atoms with Crippen LogP contribution >= 0.6 is 0 Å². The van der Waals surface area contributed by atoms with Gasteiger partial charge >= 0.3 is 0 Å². The zero-order valence-electron chi connectivity index (χ0n) is 8.93. The van der Waals surface area contributed by atoms with Crippen molar-refractivity contribution < 1.29 is 9.53 Å². The predicted octanol–water partition coefficient (Wildman–Crippen LogP) is 2.58. The molecule has 0 heterocycles. The molecule has 13 heavy (non-hydrogen) atoms. The first-order valence-electron chi connectivity index (χ1n) is 4.77. The quantitative estimate of drug-likeness (QED) is 0.568. The lowest BCUT2D eigenvalue weighted by atomic mass is 10.0. The van der Waals surface area contributed by atoms with E-state index in [0.29, 0.717) is 25.4 Å². The maximum atomic E-state index is 11.4. The molecule has 0 aliphatic heterocycles. The average molecular weight is 184 g/mol. The molecule has 2 nitrogen and oxygen atoms in total. The molecule has 0 aromatic heterocycles. The van der Waals surface area contributed by atoms with Crippen molar-refractivity contribution in [1.29, 1.82) is 0 Å². The smallest absolute Gasteiger partial charge is 0.137 e. The Labute approximate surface area is 81.0 Å². The fraction of sp³-hybridized carbons (Fsp3) is 0.727. The molecule has 76 valence electrons. The van der Waals surface area contributed by atoms with Crippen LogP contribution in [0.5, 0.6) is 0 Å². The molecule has 0 fully saturated rings. The number of hydrogen-bond donors (Lipinski definition) is 0. The highest BCUT2D eigenvalue weighted by molar-refractivity contribution is 5.80. The maximum absolute atomic E-state index is 11.4. The van der Waals surface area contributed by atoms with Gasteiger partial charge in [0.15, 0.2) is 0 Å². The molecular formula is C11H20O2. The minimum Gasteiger partial charge on any atom is -0.384 e. The zero-order chi connectivity index (χ0) is 10.3. The molecule has 0 aliphatic carbocycles. The Morgan fingerprint density at radius 3 is 2.62 bits per heavy atom. The van der Waals surface area contributed by atoms with E-state index in [9.17, 15) is 4.79 Å². The molecule has 0 spiro atoms. The standard InChI is InChI=1S/C11H20O2/c1-5-9(2)6-11(12)7-10(3)8-13-4/h10H,2,5-8H2,1,3-4H3. The van der Waals surface area contributed by atoms with Gasteiger partial charge in [0.2, 0.25) is 0 Å². The van der Waals surface area contributed by atoms with Crippen molar-refractivity contribution in [2.75, 3.05) is 13.7 Å². The lowest BCUT2D eigenvalue weighted by Gasteiger charge is -2.09. The molecule has 0 saturated heterocycles. The first-order valence-corrected chi connectivity index (χ1v) is 4.77. The largest absolute Gasteiger partial charge is 0.384 e. The summed E-state index contributed by atoms with van der Waals surface area (Å²) in [7, 11) is 1.66. The van der Waals surface area contributed by atoms with Crippen molar-refractivity contribution in [2.45, 2.75) is 33.1 Å². The third-order valence-corrected chi connectivity index (χ3v) is 1.97. The molecule has 0 N–H and O–H groups in total. The number of hydrogen-bond acceptors (Lipinski definition) is 2. The summed E-state index contributed by atoms with van der Waals surface area (Å²) in [6, 6.07) is 0. The van der Waals surface area contributed by atoms with Crippen LogP contribution in [0.25, 0.3) is 0 Å². The van der Waals surface area contributed by atoms with Gasteiger partial charge in [-0.2, -0.15) is 0 Å². The van der Waals surface area contributed by atoms with Crippen LogP contribution in [0.1, 0.15) is 33.1 Å². The lowest BCUT2D eigenvalue weighted by Crippen LogP contribution is -2.10. The third-order valence-electron chi connectivity index (χ3n) is 1.97. The molecule has 0 bridgehead atoms. The monoisotopic (exact) mass is 184 g/mol. The minimum absolute atomic E-state index is 0.274. The third kappa shape index (κ3) is 6.52. The van der Waals surface area contributed by atoms with Crippen LogP contribution in [0.3, 0.4) is 0 Å². The Hall–Kier alpha value is -0.630. The van der Waals surface area contributed by atoms with E-state index < -0.39 is 0 Å². The Balaban J connectivity index is 3.67. The van der Waals surface area contributed by atoms with Crippen molar-refractivity contribution in [3.63, 3.8) is 0 Å². The molecule has 0 aromatic carbocycles. The van der Waals surface area contributed by atoms with Crippen LogP contribution in [-0.2, 0) is 9.53 Å². The van der Waals surface area contributed by atoms with Crippen LogP contribution in [-0.4, -0.2) is 19.5 Å². The van der Waals surface area contributed by atoms with Gasteiger partial charge in [-0.25, -0.2) is 0 Å². The molecule has 0 saturated carbocycles. The van der Waals surface area contributed by atoms with Gasteiger partial charge in [-0.1, -0.05) is 26.0 Å². The molecule has 2 heteroatoms. The molecular weight excluding hydrogens is 164 g/mol. The maximum Gasteiger partial charge on any atom is 0.137 e. The van der Waals surface area contributed by atoms with Crippen molar-refractivity contribution in [1.82, 2.24) is 0 Å². The van der Waals surface area contributed by atoms with E-state index in [1.54, 1.807) is 7.11 Å². The van der Waals surface area contributed by atoms with Crippen LogP contribution in [0.15, 0.2) is 12.2 Å². The van der Waals surface area contributed by atoms with E-state index in [1.807, 2.05) is 13.8 Å². The first kappa shape index (κ1) is 12.4.